The Balaban J connectivity index is 1.15. The zero-order valence-corrected chi connectivity index (χ0v) is 35.7. The minimum absolute atomic E-state index is 0.226. The molecule has 0 N–H and O–H groups in total. The number of para-hydroxylation sites is 4. The van der Waals surface area contributed by atoms with Gasteiger partial charge in [-0.05, 0) is 84.7 Å². The third-order valence-electron chi connectivity index (χ3n) is 12.4. The van der Waals surface area contributed by atoms with E-state index in [1.165, 1.54) is 66.2 Å². The Morgan fingerprint density at radius 3 is 1.77 bits per heavy atom. The maximum atomic E-state index is 4.71. The number of allylic oxidation sites excluding steroid dienone is 1. The van der Waals surface area contributed by atoms with Gasteiger partial charge in [0.15, 0.2) is 0 Å². The normalized spacial score (nSPS) is 13.8. The topological polar surface area (TPSA) is 61.4 Å². The summed E-state index contributed by atoms with van der Waals surface area (Å²) < 4.78 is 5.03. The summed E-state index contributed by atoms with van der Waals surface area (Å²) in [7, 11) is 0. The Bertz CT molecular complexity index is 3510. The van der Waals surface area contributed by atoms with Crippen molar-refractivity contribution in [1.82, 2.24) is 29.1 Å². The summed E-state index contributed by atoms with van der Waals surface area (Å²) >= 11 is 3.32. The quantitative estimate of drug-likeness (QED) is 0.160. The van der Waals surface area contributed by atoms with Gasteiger partial charge >= 0.3 is 0 Å². The van der Waals surface area contributed by atoms with Crippen LogP contribution in [-0.2, 0) is 0 Å². The highest BCUT2D eigenvalue weighted by atomic mass is 32.1. The van der Waals surface area contributed by atoms with Crippen molar-refractivity contribution in [2.24, 2.45) is 0 Å². The number of hydrogen-bond donors (Lipinski definition) is 0. The fourth-order valence-electron chi connectivity index (χ4n) is 9.89. The molecule has 0 amide bonds. The minimum atomic E-state index is 0.226. The van der Waals surface area contributed by atoms with E-state index in [0.29, 0.717) is 0 Å². The molecule has 1 atom stereocenters. The molecule has 0 aliphatic heterocycles. The van der Waals surface area contributed by atoms with Crippen molar-refractivity contribution < 1.29 is 0 Å². The monoisotopic (exact) mass is 834 g/mol. The maximum absolute atomic E-state index is 4.71. The van der Waals surface area contributed by atoms with Gasteiger partial charge in [-0.2, -0.15) is 0 Å². The molecule has 6 heterocycles. The van der Waals surface area contributed by atoms with Crippen molar-refractivity contribution in [3.8, 4) is 54.8 Å². The first kappa shape index (κ1) is 36.6. The van der Waals surface area contributed by atoms with Crippen molar-refractivity contribution >= 4 is 67.0 Å². The Labute approximate surface area is 366 Å². The first-order chi connectivity index (χ1) is 30.6. The number of thiazole rings is 2. The first-order valence-electron chi connectivity index (χ1n) is 20.9. The predicted octanol–water partition coefficient (Wildman–Crippen LogP) is 14.5. The lowest BCUT2D eigenvalue weighted by atomic mass is 9.84. The van der Waals surface area contributed by atoms with Crippen molar-refractivity contribution in [3.63, 3.8) is 0 Å². The zero-order chi connectivity index (χ0) is 41.3. The molecule has 0 spiro atoms. The summed E-state index contributed by atoms with van der Waals surface area (Å²) in [5.41, 5.74) is 18.9. The van der Waals surface area contributed by atoms with Gasteiger partial charge in [0.25, 0.3) is 0 Å². The van der Waals surface area contributed by atoms with Crippen LogP contribution in [0, 0.1) is 6.92 Å². The Morgan fingerprint density at radius 1 is 0.532 bits per heavy atom. The lowest BCUT2D eigenvalue weighted by Crippen LogP contribution is -2.10. The molecule has 1 aliphatic rings. The molecule has 62 heavy (non-hydrogen) atoms. The standard InChI is InChI=1S/C54H38N6S2/c1-33-27-35(47-31-55-21-19-43(47)53-57-23-25-61-53)29-45-41-17-9-15-39(51(41)59(49(33)45)37-11-5-3-6-12-37)40-16-10-18-42-46-30-36(48-32-56-22-20-44(48)54-58-24-26-62-54)28-34(2)50(46)60(52(40)42)38-13-7-4-8-14-38/h3-27,29-32,34H,28H2,1-2H3. The average molecular weight is 835 g/mol. The van der Waals surface area contributed by atoms with E-state index in [1.807, 2.05) is 47.9 Å². The molecular formula is C54H38N6S2. The van der Waals surface area contributed by atoms with Crippen LogP contribution in [0.5, 0.6) is 0 Å². The summed E-state index contributed by atoms with van der Waals surface area (Å²) in [4.78, 5) is 18.6. The fourth-order valence-corrected chi connectivity index (χ4v) is 11.2. The number of aromatic nitrogens is 6. The maximum Gasteiger partial charge on any atom is 0.123 e. The summed E-state index contributed by atoms with van der Waals surface area (Å²) in [5, 5.41) is 9.71. The molecule has 6 aromatic heterocycles. The first-order valence-corrected chi connectivity index (χ1v) is 22.6. The number of benzene rings is 5. The highest BCUT2D eigenvalue weighted by Crippen LogP contribution is 2.49. The van der Waals surface area contributed by atoms with Gasteiger partial charge in [-0.15, -0.1) is 22.7 Å². The van der Waals surface area contributed by atoms with Crippen molar-refractivity contribution in [2.75, 3.05) is 0 Å². The second-order valence-electron chi connectivity index (χ2n) is 16.0. The molecule has 8 heteroatoms. The number of hydrogen-bond acceptors (Lipinski definition) is 6. The summed E-state index contributed by atoms with van der Waals surface area (Å²) in [6.07, 6.45) is 14.8. The molecule has 1 aliphatic carbocycles. The second kappa shape index (κ2) is 14.7. The molecule has 11 aromatic rings. The SMILES string of the molecule is Cc1cc(-c2cnccc2-c2nccs2)cc2c3cccc(-c4cccc5c6c(n(-c7ccccc7)c45)C(C)CC(c4cnccc4-c4nccs4)=C6)c3n(-c3ccccc3)c12. The van der Waals surface area contributed by atoms with Gasteiger partial charge in [0.1, 0.15) is 10.0 Å². The molecule has 5 aromatic carbocycles. The van der Waals surface area contributed by atoms with E-state index >= 15 is 0 Å². The summed E-state index contributed by atoms with van der Waals surface area (Å²) in [6.45, 7) is 4.62. The van der Waals surface area contributed by atoms with Crippen molar-refractivity contribution in [2.45, 2.75) is 26.2 Å². The fraction of sp³-hybridized carbons (Fsp3) is 0.0741. The van der Waals surface area contributed by atoms with Crippen molar-refractivity contribution in [1.29, 1.82) is 0 Å². The lowest BCUT2D eigenvalue weighted by Gasteiger charge is -2.24. The highest BCUT2D eigenvalue weighted by Gasteiger charge is 2.30. The van der Waals surface area contributed by atoms with Crippen LogP contribution in [0.4, 0.5) is 0 Å². The van der Waals surface area contributed by atoms with Crippen LogP contribution in [0.15, 0.2) is 169 Å². The molecular weight excluding hydrogens is 797 g/mol. The summed E-state index contributed by atoms with van der Waals surface area (Å²) in [5.74, 6) is 0.226. The lowest BCUT2D eigenvalue weighted by molar-refractivity contribution is 0.733. The van der Waals surface area contributed by atoms with E-state index in [1.54, 1.807) is 22.7 Å². The van der Waals surface area contributed by atoms with Crippen LogP contribution >= 0.6 is 22.7 Å². The molecule has 12 rings (SSSR count). The van der Waals surface area contributed by atoms with Crippen LogP contribution in [-0.4, -0.2) is 29.1 Å². The van der Waals surface area contributed by atoms with Crippen LogP contribution in [0.1, 0.15) is 41.6 Å². The second-order valence-corrected chi connectivity index (χ2v) is 17.8. The molecule has 0 saturated heterocycles. The average Bonchev–Trinajstić information content (AvgIpc) is 4.16. The van der Waals surface area contributed by atoms with Gasteiger partial charge in [-0.1, -0.05) is 79.7 Å². The summed E-state index contributed by atoms with van der Waals surface area (Å²) in [6, 6.07) is 44.3. The van der Waals surface area contributed by atoms with Crippen LogP contribution in [0.2, 0.25) is 0 Å². The Morgan fingerprint density at radius 2 is 1.13 bits per heavy atom. The van der Waals surface area contributed by atoms with Crippen molar-refractivity contribution in [3.05, 3.63) is 192 Å². The van der Waals surface area contributed by atoms with Gasteiger partial charge in [0.05, 0.1) is 16.6 Å². The van der Waals surface area contributed by atoms with Gasteiger partial charge in [0.2, 0.25) is 0 Å². The Kier molecular flexibility index (Phi) is 8.69. The van der Waals surface area contributed by atoms with Gasteiger partial charge in [-0.25, -0.2) is 9.97 Å². The third kappa shape index (κ3) is 5.75. The molecule has 1 unspecified atom stereocenters. The van der Waals surface area contributed by atoms with Gasteiger partial charge in [-0.3, -0.25) is 9.97 Å². The van der Waals surface area contributed by atoms with Gasteiger partial charge < -0.3 is 9.13 Å². The van der Waals surface area contributed by atoms with E-state index in [-0.39, 0.29) is 5.92 Å². The van der Waals surface area contributed by atoms with Crippen LogP contribution in [0.25, 0.3) is 99.1 Å². The molecule has 0 fully saturated rings. The molecule has 0 radical (unpaired) electrons. The van der Waals surface area contributed by atoms with Crippen LogP contribution in [0.3, 0.4) is 0 Å². The minimum Gasteiger partial charge on any atom is -0.312 e. The van der Waals surface area contributed by atoms with E-state index < -0.39 is 0 Å². The number of rotatable bonds is 7. The van der Waals surface area contributed by atoms with E-state index in [2.05, 4.69) is 165 Å². The van der Waals surface area contributed by atoms with Crippen LogP contribution < -0.4 is 0 Å². The number of aryl methyl sites for hydroxylation is 1. The van der Waals surface area contributed by atoms with E-state index in [0.717, 1.165) is 55.6 Å². The van der Waals surface area contributed by atoms with E-state index in [4.69, 9.17) is 4.98 Å². The largest absolute Gasteiger partial charge is 0.312 e. The van der Waals surface area contributed by atoms with Gasteiger partial charge in [0, 0.05) is 126 Å². The molecule has 6 nitrogen and oxygen atoms in total. The zero-order valence-electron chi connectivity index (χ0n) is 34.0. The molecule has 296 valence electrons. The molecule has 0 bridgehead atoms. The predicted molar refractivity (Wildman–Crippen MR) is 258 cm³/mol. The molecule has 0 saturated carbocycles. The van der Waals surface area contributed by atoms with E-state index in [9.17, 15) is 0 Å². The Hall–Kier alpha value is -7.26. The number of fused-ring (bicyclic) bond motifs is 6. The number of pyridine rings is 2. The number of nitrogens with zero attached hydrogens (tertiary/aromatic N) is 6. The smallest absolute Gasteiger partial charge is 0.123 e. The third-order valence-corrected chi connectivity index (χ3v) is 14.0. The highest BCUT2D eigenvalue weighted by molar-refractivity contribution is 7.13.